The molecule has 0 bridgehead atoms. The molecular formula is C14H2F8O6S. The predicted molar refractivity (Wildman–Crippen MR) is 71.9 cm³/mol. The molecule has 156 valence electrons. The molecule has 6 nitrogen and oxygen atoms in total. The fraction of sp³-hybridized carbons (Fsp3) is 0. The first kappa shape index (κ1) is 22.1. The molecule has 29 heavy (non-hydrogen) atoms. The Balaban J connectivity index is 3.04. The highest BCUT2D eigenvalue weighted by Crippen LogP contribution is 2.36. The van der Waals surface area contributed by atoms with Crippen LogP contribution in [0.25, 0.3) is 0 Å². The summed E-state index contributed by atoms with van der Waals surface area (Å²) >= 11 is 0. The van der Waals surface area contributed by atoms with E-state index in [9.17, 15) is 53.1 Å². The van der Waals surface area contributed by atoms with Gasteiger partial charge in [-0.05, 0) is 0 Å². The number of aromatic carboxylic acids is 2. The van der Waals surface area contributed by atoms with Crippen molar-refractivity contribution in [2.24, 2.45) is 0 Å². The van der Waals surface area contributed by atoms with E-state index in [4.69, 9.17) is 10.2 Å². The van der Waals surface area contributed by atoms with Gasteiger partial charge in [0.05, 0.1) is 0 Å². The summed E-state index contributed by atoms with van der Waals surface area (Å²) in [6.45, 7) is 0. The van der Waals surface area contributed by atoms with Crippen LogP contribution >= 0.6 is 0 Å². The number of carboxylic acid groups (broad SMARTS) is 2. The lowest BCUT2D eigenvalue weighted by atomic mass is 10.2. The van der Waals surface area contributed by atoms with Crippen molar-refractivity contribution in [2.75, 3.05) is 0 Å². The topological polar surface area (TPSA) is 109 Å². The van der Waals surface area contributed by atoms with Crippen LogP contribution in [0.2, 0.25) is 0 Å². The van der Waals surface area contributed by atoms with Gasteiger partial charge >= 0.3 is 11.9 Å². The summed E-state index contributed by atoms with van der Waals surface area (Å²) in [5.41, 5.74) is -4.61. The van der Waals surface area contributed by atoms with Crippen molar-refractivity contribution in [3.05, 3.63) is 57.7 Å². The lowest BCUT2D eigenvalue weighted by molar-refractivity contribution is 0.0671. The van der Waals surface area contributed by atoms with E-state index in [0.717, 1.165) is 0 Å². The van der Waals surface area contributed by atoms with Gasteiger partial charge in [0.15, 0.2) is 46.5 Å². The van der Waals surface area contributed by atoms with Crippen LogP contribution in [0.5, 0.6) is 0 Å². The predicted octanol–water partition coefficient (Wildman–Crippen LogP) is 3.03. The molecule has 0 saturated carbocycles. The largest absolute Gasteiger partial charge is 0.477 e. The molecule has 15 heteroatoms. The molecular weight excluding hydrogens is 448 g/mol. The Morgan fingerprint density at radius 2 is 0.724 bits per heavy atom. The van der Waals surface area contributed by atoms with Gasteiger partial charge in [-0.25, -0.2) is 53.1 Å². The second-order valence-corrected chi connectivity index (χ2v) is 6.86. The lowest BCUT2D eigenvalue weighted by Crippen LogP contribution is -2.20. The number of hydrogen-bond acceptors (Lipinski definition) is 4. The zero-order valence-corrected chi connectivity index (χ0v) is 13.8. The number of carbonyl (C=O) groups is 2. The van der Waals surface area contributed by atoms with Gasteiger partial charge < -0.3 is 10.2 Å². The Morgan fingerprint density at radius 1 is 0.517 bits per heavy atom. The van der Waals surface area contributed by atoms with Crippen LogP contribution in [0.1, 0.15) is 20.7 Å². The van der Waals surface area contributed by atoms with E-state index in [1.165, 1.54) is 0 Å². The minimum atomic E-state index is -6.48. The second kappa shape index (κ2) is 6.98. The molecule has 0 fully saturated rings. The molecule has 2 N–H and O–H groups in total. The summed E-state index contributed by atoms with van der Waals surface area (Å²) in [5.74, 6) is -28.3. The summed E-state index contributed by atoms with van der Waals surface area (Å²) in [6, 6.07) is 0. The third kappa shape index (κ3) is 3.06. The van der Waals surface area contributed by atoms with Crippen molar-refractivity contribution >= 4 is 21.8 Å². The van der Waals surface area contributed by atoms with E-state index in [1.807, 2.05) is 0 Å². The summed E-state index contributed by atoms with van der Waals surface area (Å²) in [7, 11) is -6.48. The van der Waals surface area contributed by atoms with E-state index in [-0.39, 0.29) is 0 Å². The monoisotopic (exact) mass is 450 g/mol. The van der Waals surface area contributed by atoms with Gasteiger partial charge in [-0.2, -0.15) is 0 Å². The first-order valence-corrected chi connectivity index (χ1v) is 8.09. The van der Waals surface area contributed by atoms with E-state index in [1.54, 1.807) is 0 Å². The molecule has 0 aliphatic carbocycles. The molecule has 2 aromatic carbocycles. The van der Waals surface area contributed by atoms with Crippen molar-refractivity contribution in [1.29, 1.82) is 0 Å². The number of benzene rings is 2. The van der Waals surface area contributed by atoms with E-state index in [0.29, 0.717) is 0 Å². The van der Waals surface area contributed by atoms with Crippen LogP contribution < -0.4 is 0 Å². The van der Waals surface area contributed by atoms with Crippen LogP contribution in [0.3, 0.4) is 0 Å². The Morgan fingerprint density at radius 3 is 0.897 bits per heavy atom. The first-order valence-electron chi connectivity index (χ1n) is 6.61. The van der Waals surface area contributed by atoms with Crippen LogP contribution in [-0.4, -0.2) is 30.6 Å². The molecule has 0 atom stereocenters. The number of hydrogen-bond donors (Lipinski definition) is 2. The van der Waals surface area contributed by atoms with Gasteiger partial charge in [0.1, 0.15) is 20.9 Å². The SMILES string of the molecule is O=C(O)c1c(F)c(F)c(S(=O)(=O)c2c(F)c(F)c(C(=O)O)c(F)c2F)c(F)c1F. The quantitative estimate of drug-likeness (QED) is 0.548. The standard InChI is InChI=1S/C14H2F8O6S/c15-3-1(13(23)24)4(16)8(20)11(7(3)19)29(27,28)12-9(21)5(17)2(14(25)26)6(18)10(12)22/h(H,23,24)(H,25,26). The number of halogens is 8. The van der Waals surface area contributed by atoms with Gasteiger partial charge in [0, 0.05) is 0 Å². The van der Waals surface area contributed by atoms with Crippen LogP contribution in [0.4, 0.5) is 35.1 Å². The lowest BCUT2D eigenvalue weighted by Gasteiger charge is -2.13. The van der Waals surface area contributed by atoms with Crippen molar-refractivity contribution in [1.82, 2.24) is 0 Å². The fourth-order valence-electron chi connectivity index (χ4n) is 2.17. The molecule has 0 amide bonds. The molecule has 0 radical (unpaired) electrons. The van der Waals surface area contributed by atoms with E-state index >= 15 is 0 Å². The second-order valence-electron chi connectivity index (χ2n) is 5.03. The smallest absolute Gasteiger partial charge is 0.341 e. The van der Waals surface area contributed by atoms with Crippen LogP contribution in [-0.2, 0) is 9.84 Å². The minimum Gasteiger partial charge on any atom is -0.477 e. The Kier molecular flexibility index (Phi) is 5.31. The molecule has 2 rings (SSSR count). The van der Waals surface area contributed by atoms with Gasteiger partial charge in [0.2, 0.25) is 9.84 Å². The molecule has 0 heterocycles. The van der Waals surface area contributed by atoms with E-state index in [2.05, 4.69) is 0 Å². The highest BCUT2D eigenvalue weighted by Gasteiger charge is 2.42. The molecule has 0 saturated heterocycles. The Bertz CT molecular complexity index is 1060. The van der Waals surface area contributed by atoms with Crippen LogP contribution in [0.15, 0.2) is 9.79 Å². The van der Waals surface area contributed by atoms with Crippen molar-refractivity contribution in [2.45, 2.75) is 9.79 Å². The molecule has 0 spiro atoms. The van der Waals surface area contributed by atoms with Gasteiger partial charge in [-0.3, -0.25) is 0 Å². The summed E-state index contributed by atoms with van der Waals surface area (Å²) in [4.78, 5) is 15.7. The maximum absolute atomic E-state index is 14.0. The maximum atomic E-state index is 14.0. The van der Waals surface area contributed by atoms with Gasteiger partial charge in [-0.15, -0.1) is 0 Å². The highest BCUT2D eigenvalue weighted by atomic mass is 32.2. The number of rotatable bonds is 4. The highest BCUT2D eigenvalue weighted by molar-refractivity contribution is 7.91. The molecule has 0 aromatic heterocycles. The third-order valence-electron chi connectivity index (χ3n) is 3.41. The summed E-state index contributed by atoms with van der Waals surface area (Å²) in [5, 5.41) is 17.0. The maximum Gasteiger partial charge on any atom is 0.341 e. The van der Waals surface area contributed by atoms with Gasteiger partial charge in [0.25, 0.3) is 0 Å². The average Bonchev–Trinajstić information content (AvgIpc) is 2.58. The average molecular weight is 450 g/mol. The third-order valence-corrected chi connectivity index (χ3v) is 5.20. The van der Waals surface area contributed by atoms with Crippen LogP contribution in [0, 0.1) is 46.5 Å². The summed E-state index contributed by atoms with van der Waals surface area (Å²) < 4.78 is 135. The fourth-order valence-corrected chi connectivity index (χ4v) is 3.68. The van der Waals surface area contributed by atoms with Crippen molar-refractivity contribution in [3.8, 4) is 0 Å². The van der Waals surface area contributed by atoms with Gasteiger partial charge in [-0.1, -0.05) is 0 Å². The zero-order valence-electron chi connectivity index (χ0n) is 13.0. The van der Waals surface area contributed by atoms with E-state index < -0.39 is 89.2 Å². The molecule has 2 aromatic rings. The molecule has 0 unspecified atom stereocenters. The Labute approximate surface area is 153 Å². The van der Waals surface area contributed by atoms with Crippen molar-refractivity contribution in [3.63, 3.8) is 0 Å². The first-order chi connectivity index (χ1) is 13.2. The number of carboxylic acids is 2. The zero-order chi connectivity index (χ0) is 22.6. The van der Waals surface area contributed by atoms with Crippen molar-refractivity contribution < 1.29 is 63.3 Å². The summed E-state index contributed by atoms with van der Waals surface area (Å²) in [6.07, 6.45) is 0. The Hall–Kier alpha value is -3.23. The normalized spacial score (nSPS) is 11.6. The number of sulfone groups is 1. The minimum absolute atomic E-state index is 2.31. The molecule has 0 aliphatic heterocycles. The molecule has 0 aliphatic rings.